The zero-order valence-corrected chi connectivity index (χ0v) is 22.3. The molecule has 1 saturated heterocycles. The van der Waals surface area contributed by atoms with E-state index in [9.17, 15) is 18.7 Å². The van der Waals surface area contributed by atoms with E-state index in [-0.39, 0.29) is 25.1 Å². The van der Waals surface area contributed by atoms with Gasteiger partial charge in [0.1, 0.15) is 29.7 Å². The van der Waals surface area contributed by atoms with Crippen LogP contribution < -0.4 is 0 Å². The van der Waals surface area contributed by atoms with Gasteiger partial charge in [0.05, 0.1) is 6.61 Å². The first-order chi connectivity index (χ1) is 19.3. The Kier molecular flexibility index (Phi) is 8.18. The molecule has 40 heavy (non-hydrogen) atoms. The van der Waals surface area contributed by atoms with Crippen molar-refractivity contribution in [2.45, 2.75) is 37.1 Å². The van der Waals surface area contributed by atoms with Crippen LogP contribution in [0.15, 0.2) is 73.3 Å². The van der Waals surface area contributed by atoms with Gasteiger partial charge in [-0.3, -0.25) is 4.90 Å². The first-order valence-electron chi connectivity index (χ1n) is 13.3. The largest absolute Gasteiger partial charge is 0.393 e. The Morgan fingerprint density at radius 1 is 1.15 bits per heavy atom. The molecule has 0 bridgehead atoms. The summed E-state index contributed by atoms with van der Waals surface area (Å²) in [7, 11) is 1.63. The normalized spacial score (nSPS) is 23.5. The maximum absolute atomic E-state index is 15.1. The number of halogens is 3. The number of urea groups is 1. The molecular formula is C30H32F3N5O2. The summed E-state index contributed by atoms with van der Waals surface area (Å²) in [6, 6.07) is 11.3. The zero-order chi connectivity index (χ0) is 28.3. The van der Waals surface area contributed by atoms with E-state index in [1.54, 1.807) is 49.8 Å². The van der Waals surface area contributed by atoms with Gasteiger partial charge in [-0.25, -0.2) is 27.9 Å². The fourth-order valence-corrected chi connectivity index (χ4v) is 5.76. The van der Waals surface area contributed by atoms with Crippen molar-refractivity contribution in [3.8, 4) is 0 Å². The van der Waals surface area contributed by atoms with Crippen molar-refractivity contribution >= 4 is 11.6 Å². The first-order valence-corrected chi connectivity index (χ1v) is 13.3. The Labute approximate surface area is 231 Å². The molecule has 2 aromatic carbocycles. The van der Waals surface area contributed by atoms with E-state index in [1.807, 2.05) is 11.0 Å². The fraction of sp³-hybridized carbons (Fsp3) is 0.367. The number of hydrogen-bond acceptors (Lipinski definition) is 5. The van der Waals surface area contributed by atoms with Crippen LogP contribution in [0.3, 0.4) is 0 Å². The van der Waals surface area contributed by atoms with Gasteiger partial charge in [0.2, 0.25) is 0 Å². The molecule has 0 spiro atoms. The third kappa shape index (κ3) is 5.59. The van der Waals surface area contributed by atoms with Gasteiger partial charge >= 0.3 is 6.03 Å². The highest BCUT2D eigenvalue weighted by atomic mass is 19.1. The number of rotatable bonds is 6. The van der Waals surface area contributed by atoms with E-state index in [1.165, 1.54) is 16.1 Å². The SMILES string of the molecule is CN(C(=O)N1CC(c2cc(F)ccc2F)=C[C@@]1(CO)c1ccccc1)C1CCN(Cc2cncnc2)CC(F)C1. The minimum absolute atomic E-state index is 0.0329. The van der Waals surface area contributed by atoms with E-state index < -0.39 is 42.0 Å². The molecule has 2 amide bonds. The zero-order valence-electron chi connectivity index (χ0n) is 22.3. The van der Waals surface area contributed by atoms with Crippen molar-refractivity contribution in [3.05, 3.63) is 102 Å². The molecular weight excluding hydrogens is 519 g/mol. The third-order valence-electron chi connectivity index (χ3n) is 7.88. The standard InChI is InChI=1S/C30H32F3N5O2/c1-36(26-9-10-37(18-25(32)11-26)16-21-14-34-20-35-15-21)29(40)38-17-22(27-12-24(31)7-8-28(27)33)13-30(38,19-39)23-5-3-2-4-6-23/h2-8,12-15,20,25-26,39H,9-11,16-19H2,1H3/t25?,26?,30-/m1/s1. The number of benzene rings is 2. The number of likely N-dealkylation sites (tertiary alicyclic amines) is 1. The van der Waals surface area contributed by atoms with Gasteiger partial charge in [0.25, 0.3) is 0 Å². The van der Waals surface area contributed by atoms with Gasteiger partial charge in [0, 0.05) is 69.2 Å². The Morgan fingerprint density at radius 2 is 1.90 bits per heavy atom. The number of carbonyl (C=O) groups excluding carboxylic acids is 1. The maximum Gasteiger partial charge on any atom is 0.321 e. The molecule has 3 atom stereocenters. The second kappa shape index (κ2) is 11.8. The highest BCUT2D eigenvalue weighted by Gasteiger charge is 2.46. The average Bonchev–Trinajstić information content (AvgIpc) is 3.27. The summed E-state index contributed by atoms with van der Waals surface area (Å²) in [5.41, 5.74) is 0.627. The summed E-state index contributed by atoms with van der Waals surface area (Å²) in [4.78, 5) is 27.1. The van der Waals surface area contributed by atoms with Crippen LogP contribution in [-0.4, -0.2) is 81.3 Å². The summed E-state index contributed by atoms with van der Waals surface area (Å²) in [6.45, 7) is 0.781. The van der Waals surface area contributed by atoms with Crippen LogP contribution in [0, 0.1) is 11.6 Å². The van der Waals surface area contributed by atoms with Crippen LogP contribution in [-0.2, 0) is 12.1 Å². The van der Waals surface area contributed by atoms with Crippen LogP contribution in [0.25, 0.3) is 5.57 Å². The minimum atomic E-state index is -1.31. The molecule has 1 aromatic heterocycles. The number of alkyl halides is 1. The predicted octanol–water partition coefficient (Wildman–Crippen LogP) is 4.40. The molecule has 3 heterocycles. The van der Waals surface area contributed by atoms with Gasteiger partial charge in [-0.05, 0) is 41.8 Å². The van der Waals surface area contributed by atoms with E-state index in [2.05, 4.69) is 9.97 Å². The van der Waals surface area contributed by atoms with Gasteiger partial charge in [0.15, 0.2) is 0 Å². The van der Waals surface area contributed by atoms with Gasteiger partial charge in [-0.2, -0.15) is 0 Å². The Morgan fingerprint density at radius 3 is 2.62 bits per heavy atom. The molecule has 2 aliphatic heterocycles. The van der Waals surface area contributed by atoms with Crippen molar-refractivity contribution in [2.75, 3.05) is 33.3 Å². The lowest BCUT2D eigenvalue weighted by atomic mass is 9.89. The van der Waals surface area contributed by atoms with Crippen LogP contribution in [0.1, 0.15) is 29.5 Å². The Balaban J connectivity index is 1.41. The molecule has 3 aromatic rings. The molecule has 0 saturated carbocycles. The lowest BCUT2D eigenvalue weighted by Crippen LogP contribution is -2.54. The van der Waals surface area contributed by atoms with Crippen LogP contribution in [0.2, 0.25) is 0 Å². The van der Waals surface area contributed by atoms with Crippen LogP contribution >= 0.6 is 0 Å². The molecule has 10 heteroatoms. The molecule has 0 aliphatic carbocycles. The second-order valence-corrected chi connectivity index (χ2v) is 10.5. The molecule has 2 aliphatic rings. The lowest BCUT2D eigenvalue weighted by molar-refractivity contribution is 0.0758. The molecule has 7 nitrogen and oxygen atoms in total. The number of aliphatic hydroxyl groups is 1. The highest BCUT2D eigenvalue weighted by Crippen LogP contribution is 2.41. The molecule has 5 rings (SSSR count). The average molecular weight is 552 g/mol. The summed E-state index contributed by atoms with van der Waals surface area (Å²) in [5, 5.41) is 10.7. The van der Waals surface area contributed by atoms with E-state index in [4.69, 9.17) is 0 Å². The van der Waals surface area contributed by atoms with E-state index in [0.717, 1.165) is 23.8 Å². The quantitative estimate of drug-likeness (QED) is 0.492. The molecule has 210 valence electrons. The van der Waals surface area contributed by atoms with Crippen LogP contribution in [0.5, 0.6) is 0 Å². The summed E-state index contributed by atoms with van der Waals surface area (Å²) < 4.78 is 44.0. The highest BCUT2D eigenvalue weighted by molar-refractivity contribution is 5.83. The molecule has 1 N–H and O–H groups in total. The number of amides is 2. The lowest BCUT2D eigenvalue weighted by Gasteiger charge is -2.41. The van der Waals surface area contributed by atoms with Crippen molar-refractivity contribution in [1.82, 2.24) is 24.7 Å². The molecule has 0 radical (unpaired) electrons. The smallest absolute Gasteiger partial charge is 0.321 e. The van der Waals surface area contributed by atoms with Gasteiger partial charge in [-0.1, -0.05) is 30.3 Å². The number of aromatic nitrogens is 2. The van der Waals surface area contributed by atoms with Gasteiger partial charge < -0.3 is 14.9 Å². The van der Waals surface area contributed by atoms with E-state index in [0.29, 0.717) is 30.6 Å². The van der Waals surface area contributed by atoms with Crippen molar-refractivity contribution in [3.63, 3.8) is 0 Å². The number of aliphatic hydroxyl groups excluding tert-OH is 1. The Bertz CT molecular complexity index is 1360. The summed E-state index contributed by atoms with van der Waals surface area (Å²) in [5.74, 6) is -1.23. The summed E-state index contributed by atoms with van der Waals surface area (Å²) >= 11 is 0. The van der Waals surface area contributed by atoms with Crippen molar-refractivity contribution in [2.24, 2.45) is 0 Å². The van der Waals surface area contributed by atoms with Crippen molar-refractivity contribution < 1.29 is 23.1 Å². The molecule has 1 fully saturated rings. The first kappa shape index (κ1) is 27.8. The minimum Gasteiger partial charge on any atom is -0.393 e. The topological polar surface area (TPSA) is 72.8 Å². The number of nitrogens with zero attached hydrogens (tertiary/aromatic N) is 5. The fourth-order valence-electron chi connectivity index (χ4n) is 5.76. The third-order valence-corrected chi connectivity index (χ3v) is 7.88. The predicted molar refractivity (Wildman–Crippen MR) is 145 cm³/mol. The summed E-state index contributed by atoms with van der Waals surface area (Å²) in [6.07, 6.45) is 6.04. The number of carbonyl (C=O) groups is 1. The monoisotopic (exact) mass is 551 g/mol. The maximum atomic E-state index is 15.1. The second-order valence-electron chi connectivity index (χ2n) is 10.5. The van der Waals surface area contributed by atoms with Gasteiger partial charge in [-0.15, -0.1) is 0 Å². The number of hydrogen-bond donors (Lipinski definition) is 1. The van der Waals surface area contributed by atoms with Crippen molar-refractivity contribution in [1.29, 1.82) is 0 Å². The van der Waals surface area contributed by atoms with E-state index >= 15 is 4.39 Å². The Hall–Kier alpha value is -3.76. The van der Waals surface area contributed by atoms with Crippen LogP contribution in [0.4, 0.5) is 18.0 Å². The molecule has 2 unspecified atom stereocenters.